The number of ether oxygens (including phenoxy) is 1. The lowest BCUT2D eigenvalue weighted by molar-refractivity contribution is 0.140. The van der Waals surface area contributed by atoms with Crippen molar-refractivity contribution in [1.82, 2.24) is 5.32 Å². The van der Waals surface area contributed by atoms with Crippen molar-refractivity contribution in [3.63, 3.8) is 0 Å². The summed E-state index contributed by atoms with van der Waals surface area (Å²) in [6.45, 7) is 4.17. The maximum absolute atomic E-state index is 11.1. The number of alkyl carbamates (subject to hydrolysis) is 1. The Balaban J connectivity index is 2.49. The third-order valence-corrected chi connectivity index (χ3v) is 2.17. The quantitative estimate of drug-likeness (QED) is 0.790. The Morgan fingerprint density at radius 1 is 1.50 bits per heavy atom. The smallest absolute Gasteiger partial charge is 0.408 e. The summed E-state index contributed by atoms with van der Waals surface area (Å²) in [4.78, 5) is 11.1. The van der Waals surface area contributed by atoms with Crippen molar-refractivity contribution in [2.45, 2.75) is 20.5 Å². The number of carbonyl (C=O) groups is 1. The number of nitriles is 1. The fourth-order valence-corrected chi connectivity index (χ4v) is 1.31. The van der Waals surface area contributed by atoms with Crippen molar-refractivity contribution in [2.24, 2.45) is 0 Å². The number of rotatable bonds is 3. The van der Waals surface area contributed by atoms with E-state index in [1.165, 1.54) is 5.56 Å². The van der Waals surface area contributed by atoms with Gasteiger partial charge in [-0.05, 0) is 25.0 Å². The Morgan fingerprint density at radius 2 is 2.25 bits per heavy atom. The number of hydrogen-bond acceptors (Lipinski definition) is 3. The fourth-order valence-electron chi connectivity index (χ4n) is 1.31. The van der Waals surface area contributed by atoms with E-state index in [1.54, 1.807) is 6.07 Å². The molecular weight excluding hydrogens is 204 g/mol. The average Bonchev–Trinajstić information content (AvgIpc) is 2.25. The van der Waals surface area contributed by atoms with Crippen LogP contribution < -0.4 is 5.32 Å². The second-order valence-corrected chi connectivity index (χ2v) is 3.52. The molecule has 0 unspecified atom stereocenters. The van der Waals surface area contributed by atoms with Gasteiger partial charge in [-0.3, -0.25) is 0 Å². The fraction of sp³-hybridized carbons (Fsp3) is 0.333. The minimum atomic E-state index is -0.568. The standard InChI is InChI=1S/C12H14N2O2/c1-9-3-4-11(10(2)7-9)8-16-12(15)14-6-5-13/h3-4,7H,6,8H2,1-2H3,(H,14,15). The maximum Gasteiger partial charge on any atom is 0.408 e. The van der Waals surface area contributed by atoms with Crippen LogP contribution in [0.25, 0.3) is 0 Å². The number of amides is 1. The second-order valence-electron chi connectivity index (χ2n) is 3.52. The predicted octanol–water partition coefficient (Wildman–Crippen LogP) is 2.05. The summed E-state index contributed by atoms with van der Waals surface area (Å²) in [6.07, 6.45) is -0.568. The molecule has 1 N–H and O–H groups in total. The van der Waals surface area contributed by atoms with Gasteiger partial charge in [0.2, 0.25) is 0 Å². The van der Waals surface area contributed by atoms with E-state index in [-0.39, 0.29) is 13.2 Å². The Labute approximate surface area is 94.8 Å². The molecule has 0 atom stereocenters. The van der Waals surface area contributed by atoms with E-state index in [9.17, 15) is 4.79 Å². The first-order valence-electron chi connectivity index (χ1n) is 4.97. The van der Waals surface area contributed by atoms with Crippen LogP contribution in [0.1, 0.15) is 16.7 Å². The molecule has 1 aromatic rings. The van der Waals surface area contributed by atoms with Gasteiger partial charge in [-0.25, -0.2) is 4.79 Å². The van der Waals surface area contributed by atoms with Crippen molar-refractivity contribution >= 4 is 6.09 Å². The Morgan fingerprint density at radius 3 is 2.88 bits per heavy atom. The van der Waals surface area contributed by atoms with Gasteiger partial charge in [-0.1, -0.05) is 23.8 Å². The van der Waals surface area contributed by atoms with Crippen LogP contribution in [0.4, 0.5) is 4.79 Å². The normalized spacial score (nSPS) is 9.31. The Hall–Kier alpha value is -2.02. The number of carbonyl (C=O) groups excluding carboxylic acids is 1. The van der Waals surface area contributed by atoms with Crippen LogP contribution in [-0.2, 0) is 11.3 Å². The van der Waals surface area contributed by atoms with Crippen molar-refractivity contribution in [3.05, 3.63) is 34.9 Å². The summed E-state index contributed by atoms with van der Waals surface area (Å²) in [6, 6.07) is 7.74. The van der Waals surface area contributed by atoms with Gasteiger partial charge < -0.3 is 10.1 Å². The number of nitrogens with zero attached hydrogens (tertiary/aromatic N) is 1. The summed E-state index contributed by atoms with van der Waals surface area (Å²) >= 11 is 0. The zero-order valence-corrected chi connectivity index (χ0v) is 9.41. The molecule has 0 aliphatic rings. The molecule has 1 amide bonds. The molecule has 0 bridgehead atoms. The van der Waals surface area contributed by atoms with Gasteiger partial charge in [0, 0.05) is 0 Å². The van der Waals surface area contributed by atoms with E-state index in [4.69, 9.17) is 10.00 Å². The highest BCUT2D eigenvalue weighted by atomic mass is 16.5. The molecule has 0 aliphatic carbocycles. The van der Waals surface area contributed by atoms with Gasteiger partial charge in [0.1, 0.15) is 13.2 Å². The van der Waals surface area contributed by atoms with Gasteiger partial charge >= 0.3 is 6.09 Å². The van der Waals surface area contributed by atoms with E-state index < -0.39 is 6.09 Å². The monoisotopic (exact) mass is 218 g/mol. The molecule has 4 nitrogen and oxygen atoms in total. The van der Waals surface area contributed by atoms with Gasteiger partial charge in [0.05, 0.1) is 6.07 Å². The van der Waals surface area contributed by atoms with E-state index in [2.05, 4.69) is 5.32 Å². The summed E-state index contributed by atoms with van der Waals surface area (Å²) in [5.41, 5.74) is 3.24. The number of nitrogens with one attached hydrogen (secondary N) is 1. The molecule has 1 aromatic carbocycles. The molecule has 0 heterocycles. The maximum atomic E-state index is 11.1. The lowest BCUT2D eigenvalue weighted by Gasteiger charge is -2.08. The average molecular weight is 218 g/mol. The lowest BCUT2D eigenvalue weighted by Crippen LogP contribution is -2.24. The highest BCUT2D eigenvalue weighted by molar-refractivity contribution is 5.67. The van der Waals surface area contributed by atoms with Crippen LogP contribution in [0.2, 0.25) is 0 Å². The number of benzene rings is 1. The summed E-state index contributed by atoms with van der Waals surface area (Å²) < 4.78 is 4.95. The molecule has 0 aliphatic heterocycles. The minimum absolute atomic E-state index is 0.0360. The minimum Gasteiger partial charge on any atom is -0.445 e. The van der Waals surface area contributed by atoms with Gasteiger partial charge in [-0.2, -0.15) is 5.26 Å². The predicted molar refractivity (Wildman–Crippen MR) is 59.7 cm³/mol. The first-order valence-corrected chi connectivity index (χ1v) is 4.97. The van der Waals surface area contributed by atoms with Crippen LogP contribution in [-0.4, -0.2) is 12.6 Å². The van der Waals surface area contributed by atoms with E-state index in [0.717, 1.165) is 11.1 Å². The van der Waals surface area contributed by atoms with Gasteiger partial charge in [0.15, 0.2) is 0 Å². The number of aryl methyl sites for hydroxylation is 2. The first-order chi connectivity index (χ1) is 7.63. The molecule has 0 fully saturated rings. The van der Waals surface area contributed by atoms with E-state index in [0.29, 0.717) is 0 Å². The topological polar surface area (TPSA) is 62.1 Å². The summed E-state index contributed by atoms with van der Waals surface area (Å²) in [5.74, 6) is 0. The molecule has 16 heavy (non-hydrogen) atoms. The van der Waals surface area contributed by atoms with Gasteiger partial charge in [0.25, 0.3) is 0 Å². The molecule has 84 valence electrons. The summed E-state index contributed by atoms with van der Waals surface area (Å²) in [7, 11) is 0. The Kier molecular flexibility index (Phi) is 4.34. The highest BCUT2D eigenvalue weighted by Crippen LogP contribution is 2.11. The van der Waals surface area contributed by atoms with Crippen molar-refractivity contribution in [2.75, 3.05) is 6.54 Å². The molecule has 0 spiro atoms. The van der Waals surface area contributed by atoms with Crippen LogP contribution in [0.5, 0.6) is 0 Å². The molecule has 0 aromatic heterocycles. The van der Waals surface area contributed by atoms with Crippen molar-refractivity contribution in [3.8, 4) is 6.07 Å². The van der Waals surface area contributed by atoms with Crippen LogP contribution in [0, 0.1) is 25.2 Å². The SMILES string of the molecule is Cc1ccc(COC(=O)NCC#N)c(C)c1. The van der Waals surface area contributed by atoms with Crippen molar-refractivity contribution in [1.29, 1.82) is 5.26 Å². The zero-order chi connectivity index (χ0) is 12.0. The van der Waals surface area contributed by atoms with E-state index >= 15 is 0 Å². The molecule has 0 saturated carbocycles. The van der Waals surface area contributed by atoms with Gasteiger partial charge in [-0.15, -0.1) is 0 Å². The first kappa shape index (κ1) is 12.1. The highest BCUT2D eigenvalue weighted by Gasteiger charge is 2.03. The number of hydrogen-bond donors (Lipinski definition) is 1. The third kappa shape index (κ3) is 3.62. The lowest BCUT2D eigenvalue weighted by atomic mass is 10.1. The van der Waals surface area contributed by atoms with E-state index in [1.807, 2.05) is 32.0 Å². The Bertz CT molecular complexity index is 422. The van der Waals surface area contributed by atoms with Crippen molar-refractivity contribution < 1.29 is 9.53 Å². The molecule has 0 radical (unpaired) electrons. The third-order valence-electron chi connectivity index (χ3n) is 2.17. The molecular formula is C12H14N2O2. The molecule has 1 rings (SSSR count). The largest absolute Gasteiger partial charge is 0.445 e. The van der Waals surface area contributed by atoms with Crippen LogP contribution in [0.15, 0.2) is 18.2 Å². The molecule has 0 saturated heterocycles. The van der Waals surface area contributed by atoms with Crippen LogP contribution >= 0.6 is 0 Å². The van der Waals surface area contributed by atoms with Crippen LogP contribution in [0.3, 0.4) is 0 Å². The molecule has 4 heteroatoms. The summed E-state index contributed by atoms with van der Waals surface area (Å²) in [5, 5.41) is 10.6. The second kappa shape index (κ2) is 5.76. The zero-order valence-electron chi connectivity index (χ0n) is 9.41.